The van der Waals surface area contributed by atoms with Crippen LogP contribution in [0.1, 0.15) is 24.8 Å². The molecule has 1 fully saturated rings. The Hall–Kier alpha value is -0.540. The van der Waals surface area contributed by atoms with Crippen LogP contribution in [0.5, 0.6) is 5.75 Å². The summed E-state index contributed by atoms with van der Waals surface area (Å²) in [5.41, 5.74) is 0.689. The van der Waals surface area contributed by atoms with Crippen molar-refractivity contribution < 1.29 is 10.2 Å². The minimum atomic E-state index is -0.187. The number of hydrogen-bond donors (Lipinski definition) is 2. The second kappa shape index (κ2) is 3.55. The Kier molecular flexibility index (Phi) is 2.54. The van der Waals surface area contributed by atoms with Crippen molar-refractivity contribution in [2.24, 2.45) is 0 Å². The van der Waals surface area contributed by atoms with Crippen molar-refractivity contribution in [2.45, 2.75) is 24.7 Å². The van der Waals surface area contributed by atoms with Gasteiger partial charge in [0, 0.05) is 11.0 Å². The summed E-state index contributed by atoms with van der Waals surface area (Å²) in [5.74, 6) is 0.279. The quantitative estimate of drug-likeness (QED) is 0.854. The predicted octanol–water partition coefficient (Wildman–Crippen LogP) is 2.57. The fourth-order valence-corrected chi connectivity index (χ4v) is 2.43. The number of phenols is 1. The number of hydrogen-bond acceptors (Lipinski definition) is 2. The highest BCUT2D eigenvalue weighted by Crippen LogP contribution is 2.47. The van der Waals surface area contributed by atoms with Crippen molar-refractivity contribution in [3.05, 3.63) is 28.2 Å². The Morgan fingerprint density at radius 3 is 2.57 bits per heavy atom. The maximum atomic E-state index is 9.87. The molecule has 1 saturated carbocycles. The minimum Gasteiger partial charge on any atom is -0.506 e. The smallest absolute Gasteiger partial charge is 0.133 e. The molecule has 0 unspecified atom stereocenters. The summed E-state index contributed by atoms with van der Waals surface area (Å²) in [6.45, 7) is 0.122. The molecule has 0 atom stereocenters. The van der Waals surface area contributed by atoms with Crippen molar-refractivity contribution >= 4 is 15.9 Å². The van der Waals surface area contributed by atoms with Crippen LogP contribution in [0.2, 0.25) is 0 Å². The molecule has 1 aromatic carbocycles. The maximum Gasteiger partial charge on any atom is 0.133 e. The Morgan fingerprint density at radius 2 is 2.07 bits per heavy atom. The average Bonchev–Trinajstić information content (AvgIpc) is 2.11. The molecule has 0 saturated heterocycles. The van der Waals surface area contributed by atoms with E-state index >= 15 is 0 Å². The van der Waals surface area contributed by atoms with Crippen molar-refractivity contribution in [1.82, 2.24) is 0 Å². The third kappa shape index (κ3) is 1.35. The number of benzene rings is 1. The molecule has 2 N–H and O–H groups in total. The Morgan fingerprint density at radius 1 is 1.36 bits per heavy atom. The van der Waals surface area contributed by atoms with E-state index in [-0.39, 0.29) is 17.8 Å². The van der Waals surface area contributed by atoms with Gasteiger partial charge in [-0.25, -0.2) is 0 Å². The largest absolute Gasteiger partial charge is 0.506 e. The second-order valence-corrected chi connectivity index (χ2v) is 4.78. The van der Waals surface area contributed by atoms with Gasteiger partial charge < -0.3 is 10.2 Å². The third-order valence-corrected chi connectivity index (χ3v) is 3.81. The zero-order valence-corrected chi connectivity index (χ0v) is 9.42. The molecule has 76 valence electrons. The number of aromatic hydroxyl groups is 1. The highest BCUT2D eigenvalue weighted by Gasteiger charge is 2.40. The summed E-state index contributed by atoms with van der Waals surface area (Å²) in [6.07, 6.45) is 3.06. The van der Waals surface area contributed by atoms with Crippen LogP contribution in [-0.4, -0.2) is 16.8 Å². The molecule has 2 rings (SSSR count). The molecule has 0 spiro atoms. The standard InChI is InChI=1S/C11H13BrO2/c12-9-4-1-3-8(10(9)14)11(7-13)5-2-6-11/h1,3-4,13-14H,2,5-7H2. The van der Waals surface area contributed by atoms with E-state index in [0.717, 1.165) is 24.8 Å². The van der Waals surface area contributed by atoms with Gasteiger partial charge in [-0.3, -0.25) is 0 Å². The van der Waals surface area contributed by atoms with Crippen LogP contribution in [0.3, 0.4) is 0 Å². The molecule has 14 heavy (non-hydrogen) atoms. The third-order valence-electron chi connectivity index (χ3n) is 3.17. The minimum absolute atomic E-state index is 0.122. The highest BCUT2D eigenvalue weighted by atomic mass is 79.9. The van der Waals surface area contributed by atoms with E-state index in [2.05, 4.69) is 15.9 Å². The van der Waals surface area contributed by atoms with E-state index in [1.807, 2.05) is 18.2 Å². The highest BCUT2D eigenvalue weighted by molar-refractivity contribution is 9.10. The Labute approximate surface area is 91.7 Å². The summed E-state index contributed by atoms with van der Waals surface area (Å²) in [5, 5.41) is 19.3. The fourth-order valence-electron chi connectivity index (χ4n) is 2.06. The molecular weight excluding hydrogens is 244 g/mol. The summed E-state index contributed by atoms with van der Waals surface area (Å²) in [4.78, 5) is 0. The van der Waals surface area contributed by atoms with Gasteiger partial charge in [-0.15, -0.1) is 0 Å². The number of para-hydroxylation sites is 1. The molecule has 0 bridgehead atoms. The number of rotatable bonds is 2. The molecule has 1 aliphatic carbocycles. The molecular formula is C11H13BrO2. The lowest BCUT2D eigenvalue weighted by Crippen LogP contribution is -2.37. The Balaban J connectivity index is 2.45. The first-order valence-electron chi connectivity index (χ1n) is 4.78. The molecule has 0 radical (unpaired) electrons. The van der Waals surface area contributed by atoms with Gasteiger partial charge >= 0.3 is 0 Å². The zero-order chi connectivity index (χ0) is 10.2. The van der Waals surface area contributed by atoms with Gasteiger partial charge in [-0.1, -0.05) is 18.6 Å². The lowest BCUT2D eigenvalue weighted by atomic mass is 9.65. The number of aliphatic hydroxyl groups is 1. The van der Waals surface area contributed by atoms with Gasteiger partial charge in [0.25, 0.3) is 0 Å². The molecule has 0 aliphatic heterocycles. The number of halogens is 1. The second-order valence-electron chi connectivity index (χ2n) is 3.93. The van der Waals surface area contributed by atoms with Crippen LogP contribution in [-0.2, 0) is 5.41 Å². The van der Waals surface area contributed by atoms with Gasteiger partial charge in [-0.2, -0.15) is 0 Å². The van der Waals surface area contributed by atoms with Crippen LogP contribution in [0.4, 0.5) is 0 Å². The zero-order valence-electron chi connectivity index (χ0n) is 7.83. The van der Waals surface area contributed by atoms with E-state index in [1.54, 1.807) is 0 Å². The molecule has 0 aromatic heterocycles. The lowest BCUT2D eigenvalue weighted by molar-refractivity contribution is 0.117. The van der Waals surface area contributed by atoms with Crippen molar-refractivity contribution in [3.8, 4) is 5.75 Å². The normalized spacial score (nSPS) is 19.0. The van der Waals surface area contributed by atoms with Gasteiger partial charge in [0.1, 0.15) is 5.75 Å². The van der Waals surface area contributed by atoms with Crippen LogP contribution in [0.25, 0.3) is 0 Å². The molecule has 3 heteroatoms. The number of aliphatic hydroxyl groups excluding tert-OH is 1. The SMILES string of the molecule is OCC1(c2cccc(Br)c2O)CCC1. The van der Waals surface area contributed by atoms with Gasteiger partial charge in [0.15, 0.2) is 0 Å². The molecule has 1 aliphatic rings. The predicted molar refractivity (Wildman–Crippen MR) is 58.4 cm³/mol. The Bertz CT molecular complexity index is 340. The number of phenolic OH excluding ortho intramolecular Hbond substituents is 1. The van der Waals surface area contributed by atoms with Gasteiger partial charge in [-0.05, 0) is 34.8 Å². The topological polar surface area (TPSA) is 40.5 Å². The molecule has 2 nitrogen and oxygen atoms in total. The molecule has 0 amide bonds. The summed E-state index contributed by atoms with van der Waals surface area (Å²) < 4.78 is 0.703. The average molecular weight is 257 g/mol. The first-order valence-corrected chi connectivity index (χ1v) is 5.58. The van der Waals surface area contributed by atoms with Crippen molar-refractivity contribution in [1.29, 1.82) is 0 Å². The van der Waals surface area contributed by atoms with Crippen molar-refractivity contribution in [2.75, 3.05) is 6.61 Å². The monoisotopic (exact) mass is 256 g/mol. The summed E-state index contributed by atoms with van der Waals surface area (Å²) in [7, 11) is 0. The van der Waals surface area contributed by atoms with Crippen LogP contribution >= 0.6 is 15.9 Å². The van der Waals surface area contributed by atoms with Gasteiger partial charge in [0.2, 0.25) is 0 Å². The first kappa shape index (κ1) is 9.99. The fraction of sp³-hybridized carbons (Fsp3) is 0.455. The van der Waals surface area contributed by atoms with E-state index < -0.39 is 0 Å². The van der Waals surface area contributed by atoms with E-state index in [4.69, 9.17) is 0 Å². The van der Waals surface area contributed by atoms with Gasteiger partial charge in [0.05, 0.1) is 11.1 Å². The van der Waals surface area contributed by atoms with E-state index in [1.165, 1.54) is 0 Å². The maximum absolute atomic E-state index is 9.87. The van der Waals surface area contributed by atoms with E-state index in [9.17, 15) is 10.2 Å². The summed E-state index contributed by atoms with van der Waals surface area (Å²) >= 11 is 3.29. The van der Waals surface area contributed by atoms with Crippen LogP contribution < -0.4 is 0 Å². The molecule has 1 aromatic rings. The first-order chi connectivity index (χ1) is 6.69. The summed E-state index contributed by atoms with van der Waals surface area (Å²) in [6, 6.07) is 5.60. The lowest BCUT2D eigenvalue weighted by Gasteiger charge is -2.41. The van der Waals surface area contributed by atoms with Crippen molar-refractivity contribution in [3.63, 3.8) is 0 Å². The van der Waals surface area contributed by atoms with Crippen LogP contribution in [0, 0.1) is 0 Å². The van der Waals surface area contributed by atoms with E-state index in [0.29, 0.717) is 4.47 Å². The molecule has 0 heterocycles. The van der Waals surface area contributed by atoms with Crippen LogP contribution in [0.15, 0.2) is 22.7 Å².